The fourth-order valence-corrected chi connectivity index (χ4v) is 6.84. The van der Waals surface area contributed by atoms with Crippen LogP contribution in [0, 0.1) is 5.92 Å². The van der Waals surface area contributed by atoms with Crippen molar-refractivity contribution in [2.45, 2.75) is 56.6 Å². The number of sulfonamides is 1. The summed E-state index contributed by atoms with van der Waals surface area (Å²) in [4.78, 5) is 13.1. The highest BCUT2D eigenvalue weighted by atomic mass is 35.5. The van der Waals surface area contributed by atoms with E-state index in [1.165, 1.54) is 12.1 Å². The van der Waals surface area contributed by atoms with Gasteiger partial charge in [0.15, 0.2) is 0 Å². The van der Waals surface area contributed by atoms with Gasteiger partial charge in [0.2, 0.25) is 15.9 Å². The van der Waals surface area contributed by atoms with Crippen LogP contribution in [0.5, 0.6) is 5.75 Å². The van der Waals surface area contributed by atoms with Crippen LogP contribution in [-0.2, 0) is 21.4 Å². The summed E-state index contributed by atoms with van der Waals surface area (Å²) in [7, 11) is -4.16. The van der Waals surface area contributed by atoms with Crippen molar-refractivity contribution < 1.29 is 17.9 Å². The molecule has 0 aliphatic carbocycles. The summed E-state index contributed by atoms with van der Waals surface area (Å²) in [6.45, 7) is 6.54. The molecule has 1 heterocycles. The molecule has 11 heteroatoms. The van der Waals surface area contributed by atoms with E-state index in [-0.39, 0.29) is 38.3 Å². The molecule has 0 radical (unpaired) electrons. The Bertz CT molecular complexity index is 1470. The number of rotatable bonds is 12. The van der Waals surface area contributed by atoms with Gasteiger partial charge in [0.25, 0.3) is 0 Å². The maximum absolute atomic E-state index is 13.3. The Morgan fingerprint density at radius 2 is 1.78 bits per heavy atom. The van der Waals surface area contributed by atoms with Crippen LogP contribution in [0.1, 0.15) is 61.9 Å². The predicted molar refractivity (Wildman–Crippen MR) is 164 cm³/mol. The van der Waals surface area contributed by atoms with Gasteiger partial charge in [0.05, 0.1) is 33.8 Å². The molecule has 0 saturated heterocycles. The number of fused-ring (bicyclic) bond motifs is 1. The van der Waals surface area contributed by atoms with Crippen LogP contribution in [0.3, 0.4) is 0 Å². The van der Waals surface area contributed by atoms with Crippen molar-refractivity contribution in [1.82, 2.24) is 15.4 Å². The SMILES string of the molecule is CC(C)CCNCc1ccc2c(c1)OCCC2NC(=O)CC(NS(=O)(=O)c1ccc(Cl)c(Cl)c1Cl)c1ccccc1. The van der Waals surface area contributed by atoms with E-state index < -0.39 is 16.1 Å². The van der Waals surface area contributed by atoms with Gasteiger partial charge in [0, 0.05) is 24.9 Å². The standard InChI is InChI=1S/C30H34Cl3N3O4S/c1-19(2)12-14-34-18-20-8-9-22-24(13-15-40-26(22)16-20)35-28(37)17-25(21-6-4-3-5-7-21)36-41(38,39)27-11-10-23(31)29(32)30(27)33/h3-11,16,19,24-25,34,36H,12-15,17-18H2,1-2H3,(H,35,37). The quantitative estimate of drug-likeness (QED) is 0.149. The predicted octanol–water partition coefficient (Wildman–Crippen LogP) is 6.83. The second-order valence-electron chi connectivity index (χ2n) is 10.5. The highest BCUT2D eigenvalue weighted by Crippen LogP contribution is 2.36. The average Bonchev–Trinajstić information content (AvgIpc) is 2.94. The molecule has 3 aromatic carbocycles. The average molecular weight is 639 g/mol. The lowest BCUT2D eigenvalue weighted by atomic mass is 9.98. The molecular formula is C30H34Cl3N3O4S. The van der Waals surface area contributed by atoms with Gasteiger partial charge in [-0.1, -0.05) is 91.1 Å². The van der Waals surface area contributed by atoms with Crippen LogP contribution in [-0.4, -0.2) is 27.5 Å². The monoisotopic (exact) mass is 637 g/mol. The van der Waals surface area contributed by atoms with Crippen LogP contribution in [0.2, 0.25) is 15.1 Å². The van der Waals surface area contributed by atoms with E-state index in [0.717, 1.165) is 36.4 Å². The van der Waals surface area contributed by atoms with E-state index in [9.17, 15) is 13.2 Å². The van der Waals surface area contributed by atoms with E-state index in [4.69, 9.17) is 39.5 Å². The Hall–Kier alpha value is -2.33. The number of halogens is 3. The summed E-state index contributed by atoms with van der Waals surface area (Å²) in [6, 6.07) is 16.5. The van der Waals surface area contributed by atoms with Crippen molar-refractivity contribution in [3.8, 4) is 5.75 Å². The molecule has 4 rings (SSSR count). The maximum atomic E-state index is 13.3. The van der Waals surface area contributed by atoms with Crippen molar-refractivity contribution >= 4 is 50.7 Å². The number of hydrogen-bond acceptors (Lipinski definition) is 5. The molecule has 0 aromatic heterocycles. The first-order valence-electron chi connectivity index (χ1n) is 13.5. The first-order chi connectivity index (χ1) is 19.5. The maximum Gasteiger partial charge on any atom is 0.242 e. The molecule has 41 heavy (non-hydrogen) atoms. The molecular weight excluding hydrogens is 605 g/mol. The van der Waals surface area contributed by atoms with E-state index in [1.54, 1.807) is 24.3 Å². The van der Waals surface area contributed by atoms with Gasteiger partial charge in [0.1, 0.15) is 10.6 Å². The van der Waals surface area contributed by atoms with Crippen molar-refractivity contribution in [3.63, 3.8) is 0 Å². The minimum absolute atomic E-state index is 0.0575. The summed E-state index contributed by atoms with van der Waals surface area (Å²) >= 11 is 18.3. The Morgan fingerprint density at radius 3 is 2.51 bits per heavy atom. The summed E-state index contributed by atoms with van der Waals surface area (Å²) < 4.78 is 35.2. The van der Waals surface area contributed by atoms with Gasteiger partial charge in [-0.15, -0.1) is 0 Å². The molecule has 1 aliphatic rings. The number of benzene rings is 3. The number of ether oxygens (including phenoxy) is 1. The van der Waals surface area contributed by atoms with Crippen molar-refractivity contribution in [3.05, 3.63) is 92.4 Å². The van der Waals surface area contributed by atoms with E-state index >= 15 is 0 Å². The van der Waals surface area contributed by atoms with E-state index in [0.29, 0.717) is 24.5 Å². The lowest BCUT2D eigenvalue weighted by molar-refractivity contribution is -0.122. The largest absolute Gasteiger partial charge is 0.493 e. The van der Waals surface area contributed by atoms with Gasteiger partial charge in [-0.2, -0.15) is 0 Å². The molecule has 3 aromatic rings. The van der Waals surface area contributed by atoms with Gasteiger partial charge >= 0.3 is 0 Å². The summed E-state index contributed by atoms with van der Waals surface area (Å²) in [5.74, 6) is 1.09. The van der Waals surface area contributed by atoms with Crippen LogP contribution < -0.4 is 20.1 Å². The number of carbonyl (C=O) groups excluding carboxylic acids is 1. The second-order valence-corrected chi connectivity index (χ2v) is 13.3. The van der Waals surface area contributed by atoms with Gasteiger partial charge in [-0.3, -0.25) is 4.79 Å². The molecule has 0 spiro atoms. The van der Waals surface area contributed by atoms with E-state index in [2.05, 4.69) is 29.2 Å². The molecule has 0 bridgehead atoms. The molecule has 2 atom stereocenters. The fourth-order valence-electron chi connectivity index (χ4n) is 4.64. The lowest BCUT2D eigenvalue weighted by Crippen LogP contribution is -2.36. The third-order valence-electron chi connectivity index (χ3n) is 6.86. The molecule has 2 unspecified atom stereocenters. The zero-order valence-electron chi connectivity index (χ0n) is 22.9. The number of hydrogen-bond donors (Lipinski definition) is 3. The summed E-state index contributed by atoms with van der Waals surface area (Å²) in [5.41, 5.74) is 2.64. The van der Waals surface area contributed by atoms with Crippen molar-refractivity contribution in [2.24, 2.45) is 5.92 Å². The molecule has 0 fully saturated rings. The minimum atomic E-state index is -4.16. The third kappa shape index (κ3) is 8.37. The zero-order valence-corrected chi connectivity index (χ0v) is 26.0. The van der Waals surface area contributed by atoms with Crippen molar-refractivity contribution in [1.29, 1.82) is 0 Å². The van der Waals surface area contributed by atoms with Crippen LogP contribution in [0.25, 0.3) is 0 Å². The fraction of sp³-hybridized carbons (Fsp3) is 0.367. The van der Waals surface area contributed by atoms with Gasteiger partial charge < -0.3 is 15.4 Å². The number of amides is 1. The topological polar surface area (TPSA) is 96.5 Å². The number of nitrogens with one attached hydrogen (secondary N) is 3. The van der Waals surface area contributed by atoms with Crippen LogP contribution in [0.15, 0.2) is 65.6 Å². The summed E-state index contributed by atoms with van der Waals surface area (Å²) in [6.07, 6.45) is 1.58. The van der Waals surface area contributed by atoms with Crippen molar-refractivity contribution in [2.75, 3.05) is 13.2 Å². The molecule has 0 saturated carbocycles. The zero-order chi connectivity index (χ0) is 29.6. The molecule has 220 valence electrons. The third-order valence-corrected chi connectivity index (χ3v) is 9.78. The Labute approximate surface area is 257 Å². The number of carbonyl (C=O) groups is 1. The smallest absolute Gasteiger partial charge is 0.242 e. The van der Waals surface area contributed by atoms with Gasteiger partial charge in [-0.25, -0.2) is 13.1 Å². The molecule has 7 nitrogen and oxygen atoms in total. The second kappa shape index (κ2) is 14.2. The molecule has 1 aliphatic heterocycles. The van der Waals surface area contributed by atoms with E-state index in [1.807, 2.05) is 24.3 Å². The first kappa shape index (κ1) is 31.6. The van der Waals surface area contributed by atoms with Crippen LogP contribution >= 0.6 is 34.8 Å². The Kier molecular flexibility index (Phi) is 11.0. The minimum Gasteiger partial charge on any atom is -0.493 e. The highest BCUT2D eigenvalue weighted by Gasteiger charge is 2.29. The van der Waals surface area contributed by atoms with Gasteiger partial charge in [-0.05, 0) is 48.2 Å². The first-order valence-corrected chi connectivity index (χ1v) is 16.1. The Balaban J connectivity index is 1.48. The highest BCUT2D eigenvalue weighted by molar-refractivity contribution is 7.89. The molecule has 1 amide bonds. The molecule has 3 N–H and O–H groups in total. The summed E-state index contributed by atoms with van der Waals surface area (Å²) in [5, 5.41) is 6.43. The Morgan fingerprint density at radius 1 is 1.02 bits per heavy atom. The lowest BCUT2D eigenvalue weighted by Gasteiger charge is -2.28. The van der Waals surface area contributed by atoms with Crippen LogP contribution in [0.4, 0.5) is 0 Å². The normalized spacial score (nSPS) is 15.7.